The van der Waals surface area contributed by atoms with E-state index in [1.165, 1.54) is 199 Å². The van der Waals surface area contributed by atoms with Crippen LogP contribution in [0.25, 0.3) is 0 Å². The first-order chi connectivity index (χ1) is 46.3. The van der Waals surface area contributed by atoms with Crippen LogP contribution >= 0.6 is 15.6 Å². The van der Waals surface area contributed by atoms with Crippen LogP contribution in [-0.2, 0) is 65.4 Å². The van der Waals surface area contributed by atoms with Crippen molar-refractivity contribution in [3.8, 4) is 0 Å². The SMILES string of the molecule is CCCCCCCCCCCCCCCCCC(=O)OC[C@H](COP(=O)(O)OC[C@@H](O)COP(=O)(O)OC[C@@H](COC(=O)CCCCCCCCC(C)C)OC(=O)CCCCCCCCCCCCC(C)CC)OC(=O)CCCCCCCCCCCCCCCCC(C)CC. The fourth-order valence-electron chi connectivity index (χ4n) is 11.7. The summed E-state index contributed by atoms with van der Waals surface area (Å²) < 4.78 is 68.6. The highest BCUT2D eigenvalue weighted by Crippen LogP contribution is 2.45. The van der Waals surface area contributed by atoms with Crippen molar-refractivity contribution in [3.63, 3.8) is 0 Å². The Morgan fingerprint density at radius 2 is 0.531 bits per heavy atom. The number of ether oxygens (including phenoxy) is 4. The standard InChI is InChI=1S/C77H150O17P2/c1-8-11-12-13-14-15-16-17-18-22-25-31-36-44-51-58-74(79)87-64-72(93-76(81)60-53-46-37-32-26-23-20-19-21-24-29-34-42-49-56-69(6)9-2)66-91-95(83,84)89-62-71(78)63-90-96(85,86)92-67-73(65-88-75(80)59-52-45-40-39-41-48-55-68(4)5)94-77(82)61-54-47-38-33-28-27-30-35-43-50-57-70(7)10-3/h68-73,78H,8-67H2,1-7H3,(H,83,84)(H,85,86)/t69?,70?,71-,72-,73-/m1/s1. The highest BCUT2D eigenvalue weighted by molar-refractivity contribution is 7.47. The van der Waals surface area contributed by atoms with Gasteiger partial charge in [0.25, 0.3) is 0 Å². The topological polar surface area (TPSA) is 237 Å². The average molecular weight is 1410 g/mol. The largest absolute Gasteiger partial charge is 0.472 e. The van der Waals surface area contributed by atoms with Crippen LogP contribution < -0.4 is 0 Å². The Labute approximate surface area is 588 Å². The van der Waals surface area contributed by atoms with Crippen LogP contribution in [0.1, 0.15) is 395 Å². The lowest BCUT2D eigenvalue weighted by Crippen LogP contribution is -2.30. The van der Waals surface area contributed by atoms with Gasteiger partial charge in [-0.15, -0.1) is 0 Å². The molecule has 0 aliphatic rings. The molecule has 19 heteroatoms. The molecular weight excluding hydrogens is 1260 g/mol. The maximum Gasteiger partial charge on any atom is 0.472 e. The lowest BCUT2D eigenvalue weighted by molar-refractivity contribution is -0.161. The second kappa shape index (κ2) is 67.5. The Morgan fingerprint density at radius 3 is 0.792 bits per heavy atom. The molecule has 0 aliphatic carbocycles. The molecule has 0 aromatic heterocycles. The van der Waals surface area contributed by atoms with E-state index in [1.807, 2.05) is 0 Å². The van der Waals surface area contributed by atoms with E-state index in [1.54, 1.807) is 0 Å². The second-order valence-electron chi connectivity index (χ2n) is 28.7. The third-order valence-electron chi connectivity index (χ3n) is 18.6. The molecule has 0 bridgehead atoms. The molecule has 17 nitrogen and oxygen atoms in total. The van der Waals surface area contributed by atoms with E-state index in [0.29, 0.717) is 31.6 Å². The quantitative estimate of drug-likeness (QED) is 0.0222. The van der Waals surface area contributed by atoms with Gasteiger partial charge in [0.2, 0.25) is 0 Å². The zero-order valence-electron chi connectivity index (χ0n) is 62.8. The average Bonchev–Trinajstić information content (AvgIpc) is 2.37. The van der Waals surface area contributed by atoms with Crippen LogP contribution in [0.2, 0.25) is 0 Å². The predicted octanol–water partition coefficient (Wildman–Crippen LogP) is 22.6. The minimum absolute atomic E-state index is 0.105. The Kier molecular flexibility index (Phi) is 66.2. The van der Waals surface area contributed by atoms with E-state index in [2.05, 4.69) is 48.5 Å². The van der Waals surface area contributed by atoms with Gasteiger partial charge in [0, 0.05) is 25.7 Å². The van der Waals surface area contributed by atoms with E-state index in [0.717, 1.165) is 108 Å². The van der Waals surface area contributed by atoms with Gasteiger partial charge in [-0.25, -0.2) is 9.13 Å². The smallest absolute Gasteiger partial charge is 0.462 e. The van der Waals surface area contributed by atoms with Crippen LogP contribution in [0.15, 0.2) is 0 Å². The van der Waals surface area contributed by atoms with E-state index >= 15 is 0 Å². The molecule has 0 fully saturated rings. The van der Waals surface area contributed by atoms with E-state index in [9.17, 15) is 43.2 Å². The molecule has 570 valence electrons. The molecule has 0 aromatic carbocycles. The molecule has 0 heterocycles. The lowest BCUT2D eigenvalue weighted by Gasteiger charge is -2.21. The van der Waals surface area contributed by atoms with Gasteiger partial charge in [-0.3, -0.25) is 37.3 Å². The zero-order chi connectivity index (χ0) is 70.9. The van der Waals surface area contributed by atoms with Crippen LogP contribution in [0.4, 0.5) is 0 Å². The Bertz CT molecular complexity index is 1870. The summed E-state index contributed by atoms with van der Waals surface area (Å²) in [6, 6.07) is 0. The highest BCUT2D eigenvalue weighted by atomic mass is 31.2. The van der Waals surface area contributed by atoms with Gasteiger partial charge in [-0.2, -0.15) is 0 Å². The summed E-state index contributed by atoms with van der Waals surface area (Å²) in [6.07, 6.45) is 54.1. The van der Waals surface area contributed by atoms with E-state index < -0.39 is 97.5 Å². The Hall–Kier alpha value is -1.94. The van der Waals surface area contributed by atoms with Crippen molar-refractivity contribution >= 4 is 39.5 Å². The van der Waals surface area contributed by atoms with Crippen molar-refractivity contribution in [3.05, 3.63) is 0 Å². The third-order valence-corrected chi connectivity index (χ3v) is 20.5. The van der Waals surface area contributed by atoms with Crippen LogP contribution in [-0.4, -0.2) is 96.7 Å². The number of phosphoric ester groups is 2. The summed E-state index contributed by atoms with van der Waals surface area (Å²) >= 11 is 0. The lowest BCUT2D eigenvalue weighted by atomic mass is 9.99. The monoisotopic (exact) mass is 1410 g/mol. The van der Waals surface area contributed by atoms with Crippen LogP contribution in [0.5, 0.6) is 0 Å². The van der Waals surface area contributed by atoms with Crippen molar-refractivity contribution in [2.24, 2.45) is 17.8 Å². The molecule has 0 radical (unpaired) electrons. The number of unbranched alkanes of at least 4 members (excludes halogenated alkanes) is 41. The zero-order valence-corrected chi connectivity index (χ0v) is 64.6. The summed E-state index contributed by atoms with van der Waals surface area (Å²) in [5, 5.41) is 10.6. The number of aliphatic hydroxyl groups excluding tert-OH is 1. The molecule has 7 atom stereocenters. The van der Waals surface area contributed by atoms with Crippen molar-refractivity contribution in [2.45, 2.75) is 414 Å². The number of hydrogen-bond donors (Lipinski definition) is 3. The van der Waals surface area contributed by atoms with Crippen molar-refractivity contribution in [1.82, 2.24) is 0 Å². The van der Waals surface area contributed by atoms with Crippen molar-refractivity contribution in [1.29, 1.82) is 0 Å². The third kappa shape index (κ3) is 67.9. The number of phosphoric acid groups is 2. The van der Waals surface area contributed by atoms with Gasteiger partial charge >= 0.3 is 39.5 Å². The van der Waals surface area contributed by atoms with Crippen LogP contribution in [0.3, 0.4) is 0 Å². The van der Waals surface area contributed by atoms with Crippen molar-refractivity contribution < 1.29 is 80.2 Å². The first-order valence-electron chi connectivity index (χ1n) is 39.9. The summed E-state index contributed by atoms with van der Waals surface area (Å²) in [5.41, 5.74) is 0. The van der Waals surface area contributed by atoms with E-state index in [-0.39, 0.29) is 25.7 Å². The molecular formula is C77H150O17P2. The number of carbonyl (C=O) groups excluding carboxylic acids is 4. The molecule has 96 heavy (non-hydrogen) atoms. The summed E-state index contributed by atoms with van der Waals surface area (Å²) in [4.78, 5) is 72.8. The Balaban J connectivity index is 5.24. The van der Waals surface area contributed by atoms with Crippen molar-refractivity contribution in [2.75, 3.05) is 39.6 Å². The van der Waals surface area contributed by atoms with Gasteiger partial charge in [-0.05, 0) is 43.4 Å². The molecule has 0 saturated heterocycles. The van der Waals surface area contributed by atoms with Gasteiger partial charge in [-0.1, -0.05) is 344 Å². The van der Waals surface area contributed by atoms with Gasteiger partial charge in [0.05, 0.1) is 26.4 Å². The second-order valence-corrected chi connectivity index (χ2v) is 31.6. The van der Waals surface area contributed by atoms with Gasteiger partial charge in [0.15, 0.2) is 12.2 Å². The fourth-order valence-corrected chi connectivity index (χ4v) is 13.3. The predicted molar refractivity (Wildman–Crippen MR) is 391 cm³/mol. The molecule has 0 spiro atoms. The number of hydrogen-bond acceptors (Lipinski definition) is 15. The Morgan fingerprint density at radius 1 is 0.302 bits per heavy atom. The summed E-state index contributed by atoms with van der Waals surface area (Å²) in [7, 11) is -9.91. The summed E-state index contributed by atoms with van der Waals surface area (Å²) in [6.45, 7) is 11.9. The van der Waals surface area contributed by atoms with Gasteiger partial charge < -0.3 is 33.8 Å². The fraction of sp³-hybridized carbons (Fsp3) is 0.948. The molecule has 0 amide bonds. The molecule has 0 aromatic rings. The maximum atomic E-state index is 13.1. The molecule has 3 N–H and O–H groups in total. The molecule has 0 aliphatic heterocycles. The molecule has 0 saturated carbocycles. The summed E-state index contributed by atoms with van der Waals surface area (Å²) in [5.74, 6) is 0.211. The molecule has 0 rings (SSSR count). The van der Waals surface area contributed by atoms with E-state index in [4.69, 9.17) is 37.0 Å². The number of carbonyl (C=O) groups is 4. The normalized spacial score (nSPS) is 14.6. The molecule has 4 unspecified atom stereocenters. The highest BCUT2D eigenvalue weighted by Gasteiger charge is 2.30. The number of rotatable bonds is 75. The first-order valence-corrected chi connectivity index (χ1v) is 42.9. The number of aliphatic hydroxyl groups is 1. The minimum atomic E-state index is -4.96. The minimum Gasteiger partial charge on any atom is -0.462 e. The first kappa shape index (κ1) is 94.1. The number of esters is 4. The van der Waals surface area contributed by atoms with Crippen LogP contribution in [0, 0.1) is 17.8 Å². The van der Waals surface area contributed by atoms with Gasteiger partial charge in [0.1, 0.15) is 19.3 Å². The maximum absolute atomic E-state index is 13.1.